The van der Waals surface area contributed by atoms with Gasteiger partial charge in [-0.1, -0.05) is 25.6 Å². The highest BCUT2D eigenvalue weighted by molar-refractivity contribution is 8.13. The molecule has 1 unspecified atom stereocenters. The molecule has 9 heteroatoms. The Balaban J connectivity index is 2.53. The van der Waals surface area contributed by atoms with E-state index in [1.165, 1.54) is 31.2 Å². The highest BCUT2D eigenvalue weighted by Crippen LogP contribution is 2.19. The molecule has 0 fully saturated rings. The van der Waals surface area contributed by atoms with Crippen LogP contribution in [0.2, 0.25) is 0 Å². The minimum atomic E-state index is -0.685. The number of nitrogens with one attached hydrogen (secondary N) is 1. The summed E-state index contributed by atoms with van der Waals surface area (Å²) in [4.78, 5) is 45.2. The van der Waals surface area contributed by atoms with E-state index in [4.69, 9.17) is 4.74 Å². The number of hydrogen-bond donors (Lipinski definition) is 1. The first-order chi connectivity index (χ1) is 12.2. The van der Waals surface area contributed by atoms with E-state index < -0.39 is 10.9 Å². The fourth-order valence-electron chi connectivity index (χ4n) is 2.14. The molecule has 0 aromatic heterocycles. The largest absolute Gasteiger partial charge is 0.425 e. The normalized spacial score (nSPS) is 11.7. The lowest BCUT2D eigenvalue weighted by molar-refractivity contribution is -0.384. The van der Waals surface area contributed by atoms with Crippen LogP contribution in [0.25, 0.3) is 0 Å². The van der Waals surface area contributed by atoms with E-state index in [0.29, 0.717) is 12.2 Å². The van der Waals surface area contributed by atoms with Crippen LogP contribution in [0.15, 0.2) is 24.3 Å². The number of nitro groups is 1. The van der Waals surface area contributed by atoms with Crippen molar-refractivity contribution in [2.24, 2.45) is 11.8 Å². The third-order valence-electron chi connectivity index (χ3n) is 3.30. The molecule has 0 aliphatic rings. The number of amides is 1. The number of nitro benzene ring substituents is 1. The maximum Gasteiger partial charge on any atom is 0.330 e. The lowest BCUT2D eigenvalue weighted by atomic mass is 9.98. The number of benzene rings is 1. The first kappa shape index (κ1) is 21.6. The van der Waals surface area contributed by atoms with Crippen LogP contribution in [0, 0.1) is 22.0 Å². The number of ether oxygens (including phenoxy) is 1. The van der Waals surface area contributed by atoms with Crippen LogP contribution in [0.1, 0.15) is 27.2 Å². The summed E-state index contributed by atoms with van der Waals surface area (Å²) in [7, 11) is 0. The molecule has 0 radical (unpaired) electrons. The summed E-state index contributed by atoms with van der Waals surface area (Å²) in [5, 5.41) is 13.0. The second-order valence-electron chi connectivity index (χ2n) is 6.07. The third kappa shape index (κ3) is 8.11. The van der Waals surface area contributed by atoms with Crippen molar-refractivity contribution in [3.63, 3.8) is 0 Å². The molecule has 0 spiro atoms. The zero-order valence-corrected chi connectivity index (χ0v) is 15.7. The summed E-state index contributed by atoms with van der Waals surface area (Å²) in [6.07, 6.45) is 0.601. The van der Waals surface area contributed by atoms with Gasteiger partial charge in [0, 0.05) is 30.7 Å². The van der Waals surface area contributed by atoms with Crippen LogP contribution in [0.3, 0.4) is 0 Å². The summed E-state index contributed by atoms with van der Waals surface area (Å²) < 4.78 is 5.02. The lowest BCUT2D eigenvalue weighted by Gasteiger charge is -2.17. The number of rotatable bonds is 9. The second kappa shape index (κ2) is 10.5. The average molecular weight is 382 g/mol. The molecule has 1 amide bonds. The van der Waals surface area contributed by atoms with Crippen LogP contribution in [0.5, 0.6) is 5.75 Å². The third-order valence-corrected chi connectivity index (χ3v) is 4.28. The molecule has 26 heavy (non-hydrogen) atoms. The zero-order chi connectivity index (χ0) is 19.7. The van der Waals surface area contributed by atoms with Crippen LogP contribution in [0.4, 0.5) is 5.69 Å². The van der Waals surface area contributed by atoms with Crippen molar-refractivity contribution in [2.45, 2.75) is 27.2 Å². The molecule has 0 bridgehead atoms. The lowest BCUT2D eigenvalue weighted by Crippen LogP contribution is -2.37. The van der Waals surface area contributed by atoms with Gasteiger partial charge in [0.25, 0.3) is 5.69 Å². The SMILES string of the molecule is CC(=O)SCC(CC(C)C)C(=O)NCC(=O)Oc1ccc([N+](=O)[O-])cc1. The van der Waals surface area contributed by atoms with Crippen molar-refractivity contribution in [2.75, 3.05) is 12.3 Å². The maximum atomic E-state index is 12.2. The Bertz CT molecular complexity index is 660. The van der Waals surface area contributed by atoms with Crippen molar-refractivity contribution < 1.29 is 24.0 Å². The van der Waals surface area contributed by atoms with Gasteiger partial charge in [-0.3, -0.25) is 19.7 Å². The van der Waals surface area contributed by atoms with Gasteiger partial charge >= 0.3 is 5.97 Å². The van der Waals surface area contributed by atoms with Crippen molar-refractivity contribution in [3.05, 3.63) is 34.4 Å². The highest BCUT2D eigenvalue weighted by Gasteiger charge is 2.21. The summed E-state index contributed by atoms with van der Waals surface area (Å²) in [5.74, 6) is -0.596. The molecule has 0 heterocycles. The van der Waals surface area contributed by atoms with Crippen LogP contribution >= 0.6 is 11.8 Å². The van der Waals surface area contributed by atoms with Gasteiger partial charge in [-0.15, -0.1) is 0 Å². The molecule has 1 aromatic carbocycles. The Morgan fingerprint density at radius 1 is 1.23 bits per heavy atom. The first-order valence-corrected chi connectivity index (χ1v) is 9.03. The van der Waals surface area contributed by atoms with E-state index in [1.54, 1.807) is 0 Å². The maximum absolute atomic E-state index is 12.2. The topological polar surface area (TPSA) is 116 Å². The van der Waals surface area contributed by atoms with Gasteiger partial charge in [0.05, 0.1) is 4.92 Å². The Morgan fingerprint density at radius 2 is 1.85 bits per heavy atom. The molecular weight excluding hydrogens is 360 g/mol. The Hall–Kier alpha value is -2.42. The monoisotopic (exact) mass is 382 g/mol. The molecule has 0 aliphatic carbocycles. The van der Waals surface area contributed by atoms with Gasteiger partial charge < -0.3 is 10.1 Å². The number of non-ortho nitro benzene ring substituents is 1. The second-order valence-corrected chi connectivity index (χ2v) is 7.27. The predicted molar refractivity (Wildman–Crippen MR) is 97.8 cm³/mol. The summed E-state index contributed by atoms with van der Waals surface area (Å²) >= 11 is 1.08. The number of esters is 1. The molecule has 1 atom stereocenters. The summed E-state index contributed by atoms with van der Waals surface area (Å²) in [6.45, 7) is 5.06. The van der Waals surface area contributed by atoms with Gasteiger partial charge in [0.1, 0.15) is 12.3 Å². The van der Waals surface area contributed by atoms with Gasteiger partial charge in [0.15, 0.2) is 5.12 Å². The minimum absolute atomic E-state index is 0.0656. The molecule has 1 rings (SSSR count). The number of hydrogen-bond acceptors (Lipinski definition) is 7. The molecule has 142 valence electrons. The smallest absolute Gasteiger partial charge is 0.330 e. The Morgan fingerprint density at radius 3 is 2.35 bits per heavy atom. The van der Waals surface area contributed by atoms with E-state index in [0.717, 1.165) is 11.8 Å². The van der Waals surface area contributed by atoms with E-state index in [2.05, 4.69) is 5.32 Å². The van der Waals surface area contributed by atoms with Crippen LogP contribution in [-0.4, -0.2) is 34.2 Å². The van der Waals surface area contributed by atoms with E-state index >= 15 is 0 Å². The fraction of sp³-hybridized carbons (Fsp3) is 0.471. The zero-order valence-electron chi connectivity index (χ0n) is 14.9. The van der Waals surface area contributed by atoms with Gasteiger partial charge in [-0.25, -0.2) is 4.79 Å². The van der Waals surface area contributed by atoms with Gasteiger partial charge in [0.2, 0.25) is 5.91 Å². The van der Waals surface area contributed by atoms with E-state index in [9.17, 15) is 24.5 Å². The van der Waals surface area contributed by atoms with Crippen molar-refractivity contribution >= 4 is 34.4 Å². The van der Waals surface area contributed by atoms with E-state index in [1.807, 2.05) is 13.8 Å². The molecule has 1 N–H and O–H groups in total. The molecule has 8 nitrogen and oxygen atoms in total. The molecule has 1 aromatic rings. The fourth-order valence-corrected chi connectivity index (χ4v) is 2.87. The predicted octanol–water partition coefficient (Wildman–Crippen LogP) is 2.56. The molecular formula is C17H22N2O6S. The van der Waals surface area contributed by atoms with Crippen molar-refractivity contribution in [3.8, 4) is 5.75 Å². The highest BCUT2D eigenvalue weighted by atomic mass is 32.2. The molecule has 0 saturated heterocycles. The van der Waals surface area contributed by atoms with Crippen molar-refractivity contribution in [1.29, 1.82) is 0 Å². The minimum Gasteiger partial charge on any atom is -0.425 e. The quantitative estimate of drug-likeness (QED) is 0.302. The average Bonchev–Trinajstić information content (AvgIpc) is 2.56. The summed E-state index contributed by atoms with van der Waals surface area (Å²) in [6, 6.07) is 5.06. The van der Waals surface area contributed by atoms with Crippen molar-refractivity contribution in [1.82, 2.24) is 5.32 Å². The molecule has 0 saturated carbocycles. The van der Waals surface area contributed by atoms with Crippen LogP contribution in [-0.2, 0) is 14.4 Å². The standard InChI is InChI=1S/C17H22N2O6S/c1-11(2)8-13(10-26-12(3)20)17(22)18-9-16(21)25-15-6-4-14(5-7-15)19(23)24/h4-7,11,13H,8-10H2,1-3H3,(H,18,22). The number of carbonyl (C=O) groups is 3. The van der Waals surface area contributed by atoms with Gasteiger partial charge in [-0.2, -0.15) is 0 Å². The first-order valence-electron chi connectivity index (χ1n) is 8.05. The van der Waals surface area contributed by atoms with Crippen LogP contribution < -0.4 is 10.1 Å². The Kier molecular flexibility index (Phi) is 8.77. The van der Waals surface area contributed by atoms with E-state index in [-0.39, 0.29) is 40.8 Å². The number of thioether (sulfide) groups is 1. The number of carbonyl (C=O) groups excluding carboxylic acids is 3. The number of nitrogens with zero attached hydrogens (tertiary/aromatic N) is 1. The summed E-state index contributed by atoms with van der Waals surface area (Å²) in [5.41, 5.74) is -0.113. The molecule has 0 aliphatic heterocycles. The Labute approximate surface area is 155 Å². The van der Waals surface area contributed by atoms with Gasteiger partial charge in [-0.05, 0) is 24.5 Å².